The van der Waals surface area contributed by atoms with Crippen LogP contribution in [-0.4, -0.2) is 30.6 Å². The molecule has 0 aromatic carbocycles. The van der Waals surface area contributed by atoms with Crippen LogP contribution in [0, 0.1) is 0 Å². The highest BCUT2D eigenvalue weighted by Gasteiger charge is 2.18. The summed E-state index contributed by atoms with van der Waals surface area (Å²) in [7, 11) is 0. The van der Waals surface area contributed by atoms with Gasteiger partial charge in [0.25, 0.3) is 0 Å². The molecular formula is C10H15ClN2S. The van der Waals surface area contributed by atoms with Crippen LogP contribution in [0.4, 0.5) is 0 Å². The molecule has 0 spiro atoms. The summed E-state index contributed by atoms with van der Waals surface area (Å²) < 4.78 is 0.940. The van der Waals surface area contributed by atoms with Crippen molar-refractivity contribution in [1.29, 1.82) is 0 Å². The van der Waals surface area contributed by atoms with Crippen LogP contribution >= 0.6 is 22.9 Å². The van der Waals surface area contributed by atoms with Crippen LogP contribution in [0.15, 0.2) is 11.4 Å². The van der Waals surface area contributed by atoms with E-state index < -0.39 is 0 Å². The van der Waals surface area contributed by atoms with E-state index in [0.29, 0.717) is 6.04 Å². The maximum atomic E-state index is 6.08. The summed E-state index contributed by atoms with van der Waals surface area (Å²) in [6.07, 6.45) is 0. The largest absolute Gasteiger partial charge is 0.314 e. The van der Waals surface area contributed by atoms with E-state index in [0.717, 1.165) is 30.5 Å². The number of halogens is 1. The number of hydrogen-bond donors (Lipinski definition) is 1. The summed E-state index contributed by atoms with van der Waals surface area (Å²) in [6, 6.07) is 2.74. The zero-order chi connectivity index (χ0) is 9.97. The van der Waals surface area contributed by atoms with Gasteiger partial charge in [-0.25, -0.2) is 0 Å². The molecule has 0 unspecified atom stereocenters. The summed E-state index contributed by atoms with van der Waals surface area (Å²) in [5.74, 6) is 0. The van der Waals surface area contributed by atoms with Crippen molar-refractivity contribution in [3.8, 4) is 0 Å². The Kier molecular flexibility index (Phi) is 3.44. The highest BCUT2D eigenvalue weighted by molar-refractivity contribution is 7.14. The minimum absolute atomic E-state index is 0.611. The number of rotatable bonds is 2. The summed E-state index contributed by atoms with van der Waals surface area (Å²) in [4.78, 5) is 2.48. The predicted molar refractivity (Wildman–Crippen MR) is 62.1 cm³/mol. The third-order valence-corrected chi connectivity index (χ3v) is 3.96. The fraction of sp³-hybridized carbons (Fsp3) is 0.600. The van der Waals surface area contributed by atoms with Gasteiger partial charge < -0.3 is 5.32 Å². The Morgan fingerprint density at radius 3 is 3.21 bits per heavy atom. The van der Waals surface area contributed by atoms with Crippen molar-refractivity contribution in [3.05, 3.63) is 21.3 Å². The topological polar surface area (TPSA) is 15.3 Å². The first kappa shape index (κ1) is 10.4. The molecule has 0 bridgehead atoms. The van der Waals surface area contributed by atoms with Crippen LogP contribution in [0.5, 0.6) is 0 Å². The molecule has 1 N–H and O–H groups in total. The normalized spacial score (nSPS) is 24.0. The Hall–Kier alpha value is -0.0900. The van der Waals surface area contributed by atoms with Gasteiger partial charge in [0.2, 0.25) is 0 Å². The summed E-state index contributed by atoms with van der Waals surface area (Å²) in [5.41, 5.74) is 1.27. The Morgan fingerprint density at radius 1 is 1.71 bits per heavy atom. The van der Waals surface area contributed by atoms with Gasteiger partial charge in [0.05, 0.1) is 4.34 Å². The molecule has 2 rings (SSSR count). The molecule has 1 atom stereocenters. The molecule has 1 saturated heterocycles. The average Bonchev–Trinajstić information content (AvgIpc) is 2.56. The maximum Gasteiger partial charge on any atom is 0.0973 e. The van der Waals surface area contributed by atoms with Crippen molar-refractivity contribution in [2.75, 3.05) is 19.6 Å². The number of piperazine rings is 1. The number of nitrogens with zero attached hydrogens (tertiary/aromatic N) is 1. The minimum atomic E-state index is 0.611. The molecule has 1 aliphatic rings. The lowest BCUT2D eigenvalue weighted by Crippen LogP contribution is -2.49. The Labute approximate surface area is 93.9 Å². The van der Waals surface area contributed by atoms with Gasteiger partial charge in [0.1, 0.15) is 0 Å². The molecule has 1 aliphatic heterocycles. The van der Waals surface area contributed by atoms with Gasteiger partial charge in [0, 0.05) is 32.2 Å². The van der Waals surface area contributed by atoms with Gasteiger partial charge in [-0.15, -0.1) is 11.3 Å². The monoisotopic (exact) mass is 230 g/mol. The second-order valence-corrected chi connectivity index (χ2v) is 5.26. The molecule has 4 heteroatoms. The van der Waals surface area contributed by atoms with E-state index in [1.807, 2.05) is 0 Å². The molecule has 1 fully saturated rings. The molecular weight excluding hydrogens is 216 g/mol. The quantitative estimate of drug-likeness (QED) is 0.838. The highest BCUT2D eigenvalue weighted by atomic mass is 35.5. The minimum Gasteiger partial charge on any atom is -0.314 e. The molecule has 0 amide bonds. The van der Waals surface area contributed by atoms with Crippen LogP contribution < -0.4 is 5.32 Å². The maximum absolute atomic E-state index is 6.08. The fourth-order valence-corrected chi connectivity index (χ4v) is 2.68. The highest BCUT2D eigenvalue weighted by Crippen LogP contribution is 2.24. The molecule has 2 heterocycles. The Balaban J connectivity index is 1.99. The van der Waals surface area contributed by atoms with Crippen molar-refractivity contribution in [2.45, 2.75) is 19.5 Å². The Morgan fingerprint density at radius 2 is 2.57 bits per heavy atom. The van der Waals surface area contributed by atoms with E-state index in [1.54, 1.807) is 11.3 Å². The first-order chi connectivity index (χ1) is 6.77. The average molecular weight is 231 g/mol. The lowest BCUT2D eigenvalue weighted by Gasteiger charge is -2.33. The SMILES string of the molecule is C[C@H]1CNCCN1Cc1ccsc1Cl. The number of hydrogen-bond acceptors (Lipinski definition) is 3. The van der Waals surface area contributed by atoms with Crippen molar-refractivity contribution in [3.63, 3.8) is 0 Å². The van der Waals surface area contributed by atoms with Crippen LogP contribution in [0.1, 0.15) is 12.5 Å². The first-order valence-corrected chi connectivity index (χ1v) is 6.20. The predicted octanol–water partition coefficient (Wildman–Crippen LogP) is 2.20. The van der Waals surface area contributed by atoms with E-state index in [1.165, 1.54) is 5.56 Å². The Bertz CT molecular complexity index is 300. The molecule has 78 valence electrons. The lowest BCUT2D eigenvalue weighted by molar-refractivity contribution is 0.166. The van der Waals surface area contributed by atoms with Gasteiger partial charge in [-0.05, 0) is 23.9 Å². The summed E-state index contributed by atoms with van der Waals surface area (Å²) >= 11 is 7.70. The van der Waals surface area contributed by atoms with E-state index in [4.69, 9.17) is 11.6 Å². The molecule has 0 radical (unpaired) electrons. The third-order valence-electron chi connectivity index (χ3n) is 2.71. The van der Waals surface area contributed by atoms with Crippen molar-refractivity contribution < 1.29 is 0 Å². The zero-order valence-corrected chi connectivity index (χ0v) is 9.87. The molecule has 0 aliphatic carbocycles. The number of nitrogens with one attached hydrogen (secondary N) is 1. The lowest BCUT2D eigenvalue weighted by atomic mass is 10.2. The van der Waals surface area contributed by atoms with Gasteiger partial charge in [-0.2, -0.15) is 0 Å². The molecule has 2 nitrogen and oxygen atoms in total. The van der Waals surface area contributed by atoms with Crippen LogP contribution in [0.25, 0.3) is 0 Å². The van der Waals surface area contributed by atoms with Crippen molar-refractivity contribution in [2.24, 2.45) is 0 Å². The van der Waals surface area contributed by atoms with Gasteiger partial charge in [0.15, 0.2) is 0 Å². The van der Waals surface area contributed by atoms with Crippen LogP contribution in [0.2, 0.25) is 4.34 Å². The van der Waals surface area contributed by atoms with E-state index in [2.05, 4.69) is 28.6 Å². The molecule has 1 aromatic heterocycles. The van der Waals surface area contributed by atoms with Gasteiger partial charge >= 0.3 is 0 Å². The molecule has 0 saturated carbocycles. The number of thiophene rings is 1. The standard InChI is InChI=1S/C10H15ClN2S/c1-8-6-12-3-4-13(8)7-9-2-5-14-10(9)11/h2,5,8,12H,3-4,6-7H2,1H3/t8-/m0/s1. The molecule has 1 aromatic rings. The fourth-order valence-electron chi connectivity index (χ4n) is 1.77. The van der Waals surface area contributed by atoms with E-state index >= 15 is 0 Å². The second kappa shape index (κ2) is 4.62. The second-order valence-electron chi connectivity index (χ2n) is 3.74. The van der Waals surface area contributed by atoms with Crippen molar-refractivity contribution >= 4 is 22.9 Å². The zero-order valence-electron chi connectivity index (χ0n) is 8.29. The first-order valence-electron chi connectivity index (χ1n) is 4.94. The molecule has 14 heavy (non-hydrogen) atoms. The van der Waals surface area contributed by atoms with E-state index in [-0.39, 0.29) is 0 Å². The van der Waals surface area contributed by atoms with Crippen LogP contribution in [0.3, 0.4) is 0 Å². The van der Waals surface area contributed by atoms with Gasteiger partial charge in [-0.3, -0.25) is 4.90 Å². The summed E-state index contributed by atoms with van der Waals surface area (Å²) in [5, 5.41) is 5.45. The summed E-state index contributed by atoms with van der Waals surface area (Å²) in [6.45, 7) is 6.54. The smallest absolute Gasteiger partial charge is 0.0973 e. The van der Waals surface area contributed by atoms with Gasteiger partial charge in [-0.1, -0.05) is 11.6 Å². The van der Waals surface area contributed by atoms with Crippen molar-refractivity contribution in [1.82, 2.24) is 10.2 Å². The van der Waals surface area contributed by atoms with Crippen LogP contribution in [-0.2, 0) is 6.54 Å². The third kappa shape index (κ3) is 2.28. The van der Waals surface area contributed by atoms with E-state index in [9.17, 15) is 0 Å².